The molecule has 0 aliphatic carbocycles. The van der Waals surface area contributed by atoms with Crippen molar-refractivity contribution in [3.05, 3.63) is 42.1 Å². The Bertz CT molecular complexity index is 254. The second kappa shape index (κ2) is 4.77. The summed E-state index contributed by atoms with van der Waals surface area (Å²) in [6.07, 6.45) is 2.11. The van der Waals surface area contributed by atoms with Gasteiger partial charge in [0.2, 0.25) is 0 Å². The van der Waals surface area contributed by atoms with Crippen LogP contribution in [0.5, 0.6) is 0 Å². The predicted molar refractivity (Wildman–Crippen MR) is 58.0 cm³/mol. The lowest BCUT2D eigenvalue weighted by Crippen LogP contribution is -2.03. The zero-order chi connectivity index (χ0) is 8.81. The van der Waals surface area contributed by atoms with Gasteiger partial charge in [-0.3, -0.25) is 0 Å². The van der Waals surface area contributed by atoms with Crippen molar-refractivity contribution in [1.82, 2.24) is 5.32 Å². The summed E-state index contributed by atoms with van der Waals surface area (Å²) in [4.78, 5) is 0. The van der Waals surface area contributed by atoms with Crippen LogP contribution in [0.2, 0.25) is 0 Å². The van der Waals surface area contributed by atoms with E-state index in [0.29, 0.717) is 0 Å². The van der Waals surface area contributed by atoms with Gasteiger partial charge < -0.3 is 5.32 Å². The van der Waals surface area contributed by atoms with Crippen LogP contribution >= 0.6 is 0 Å². The fourth-order valence-electron chi connectivity index (χ4n) is 1.04. The maximum Gasteiger partial charge on any atom is 0.0411 e. The number of rotatable bonds is 3. The van der Waals surface area contributed by atoms with Gasteiger partial charge in [-0.1, -0.05) is 30.3 Å². The van der Waals surface area contributed by atoms with Crippen LogP contribution in [0.1, 0.15) is 12.5 Å². The molecule has 1 rings (SSSR count). The van der Waals surface area contributed by atoms with Crippen molar-refractivity contribution in [3.63, 3.8) is 0 Å². The van der Waals surface area contributed by atoms with Crippen LogP contribution in [0.3, 0.4) is 0 Å². The minimum absolute atomic E-state index is 0.999. The molecule has 0 radical (unpaired) electrons. The van der Waals surface area contributed by atoms with Crippen LogP contribution < -0.4 is 5.32 Å². The van der Waals surface area contributed by atoms with Gasteiger partial charge in [0.15, 0.2) is 0 Å². The average Bonchev–Trinajstić information content (AvgIpc) is 2.15. The fourth-order valence-corrected chi connectivity index (χ4v) is 1.58. The van der Waals surface area contributed by atoms with Gasteiger partial charge in [0.25, 0.3) is 0 Å². The zero-order valence-corrected chi connectivity index (χ0v) is 9.67. The molecule has 0 bridgehead atoms. The molecule has 0 aliphatic heterocycles. The molecule has 1 N–H and O–H groups in total. The van der Waals surface area contributed by atoms with Crippen molar-refractivity contribution in [2.75, 3.05) is 6.54 Å². The normalized spacial score (nSPS) is 11.6. The van der Waals surface area contributed by atoms with Crippen molar-refractivity contribution in [2.45, 2.75) is 6.92 Å². The van der Waals surface area contributed by atoms with E-state index in [4.69, 9.17) is 0 Å². The van der Waals surface area contributed by atoms with Crippen molar-refractivity contribution in [1.29, 1.82) is 0 Å². The molecular weight excluding hydrogens is 162 g/mol. The van der Waals surface area contributed by atoms with Crippen molar-refractivity contribution in [3.8, 4) is 0 Å². The molecule has 0 amide bonds. The molecule has 1 aromatic rings. The Balaban J connectivity index is 2.71. The highest BCUT2D eigenvalue weighted by molar-refractivity contribution is 6.42. The fraction of sp³-hybridized carbons (Fsp3) is 0.200. The quantitative estimate of drug-likeness (QED) is 0.678. The smallest absolute Gasteiger partial charge is 0.0411 e. The van der Waals surface area contributed by atoms with E-state index >= 15 is 0 Å². The third kappa shape index (κ3) is 2.55. The molecule has 1 aromatic carbocycles. The first-order valence-electron chi connectivity index (χ1n) is 4.30. The van der Waals surface area contributed by atoms with Crippen molar-refractivity contribution < 1.29 is 0 Å². The van der Waals surface area contributed by atoms with Crippen LogP contribution in [-0.4, -0.2) is 16.8 Å². The monoisotopic (exact) mass is 177 g/mol. The highest BCUT2D eigenvalue weighted by Crippen LogP contribution is 2.07. The Kier molecular flexibility index (Phi) is 3.61. The van der Waals surface area contributed by atoms with Crippen LogP contribution in [-0.2, 0) is 0 Å². The third-order valence-electron chi connectivity index (χ3n) is 1.75. The highest BCUT2D eigenvalue weighted by atomic mass is 28.1. The highest BCUT2D eigenvalue weighted by Gasteiger charge is 1.90. The van der Waals surface area contributed by atoms with Gasteiger partial charge in [0.1, 0.15) is 0 Å². The summed E-state index contributed by atoms with van der Waals surface area (Å²) in [6.45, 7) is 3.11. The lowest BCUT2D eigenvalue weighted by molar-refractivity contribution is 0.923. The van der Waals surface area contributed by atoms with E-state index in [2.05, 4.69) is 42.7 Å². The molecule has 0 saturated carbocycles. The Hall–Kier alpha value is -1.02. The first-order chi connectivity index (χ1) is 5.84. The van der Waals surface area contributed by atoms with Crippen LogP contribution in [0.4, 0.5) is 0 Å². The first-order valence-corrected chi connectivity index (χ1v) is 5.30. The molecule has 64 valence electrons. The van der Waals surface area contributed by atoms with Gasteiger partial charge in [0, 0.05) is 16.8 Å². The first kappa shape index (κ1) is 9.07. The lowest BCUT2D eigenvalue weighted by atomic mass is 10.2. The van der Waals surface area contributed by atoms with E-state index in [1.165, 1.54) is 10.8 Å². The minimum atomic E-state index is 0.999. The molecule has 1 nitrogen and oxygen atoms in total. The van der Waals surface area contributed by atoms with Gasteiger partial charge >= 0.3 is 0 Å². The van der Waals surface area contributed by atoms with E-state index in [0.717, 1.165) is 16.8 Å². The Morgan fingerprint density at radius 3 is 2.67 bits per heavy atom. The van der Waals surface area contributed by atoms with Gasteiger partial charge in [-0.2, -0.15) is 0 Å². The summed E-state index contributed by atoms with van der Waals surface area (Å²) in [5, 5.41) is 4.63. The third-order valence-corrected chi connectivity index (χ3v) is 2.62. The molecule has 0 atom stereocenters. The summed E-state index contributed by atoms with van der Waals surface area (Å²) in [6, 6.07) is 10.5. The summed E-state index contributed by atoms with van der Waals surface area (Å²) in [5.74, 6) is 0. The Morgan fingerprint density at radius 2 is 2.08 bits per heavy atom. The molecule has 0 aliphatic rings. The molecule has 0 unspecified atom stereocenters. The van der Waals surface area contributed by atoms with Crippen molar-refractivity contribution in [2.24, 2.45) is 0 Å². The van der Waals surface area contributed by atoms with Gasteiger partial charge in [-0.05, 0) is 23.9 Å². The van der Waals surface area contributed by atoms with Gasteiger partial charge in [-0.15, -0.1) is 0 Å². The summed E-state index contributed by atoms with van der Waals surface area (Å²) in [7, 11) is 1.09. The summed E-state index contributed by atoms with van der Waals surface area (Å²) < 4.78 is 0. The molecule has 0 saturated heterocycles. The summed E-state index contributed by atoms with van der Waals surface area (Å²) in [5.41, 5.74) is 1.34. The van der Waals surface area contributed by atoms with Crippen LogP contribution in [0.25, 0.3) is 5.20 Å². The second-order valence-electron chi connectivity index (χ2n) is 2.75. The molecule has 0 heterocycles. The Labute approximate surface area is 76.9 Å². The predicted octanol–water partition coefficient (Wildman–Crippen LogP) is 0.960. The average molecular weight is 177 g/mol. The van der Waals surface area contributed by atoms with Crippen LogP contribution in [0, 0.1) is 0 Å². The lowest BCUT2D eigenvalue weighted by Gasteiger charge is -2.01. The largest absolute Gasteiger partial charge is 0.391 e. The van der Waals surface area contributed by atoms with E-state index in [9.17, 15) is 0 Å². The van der Waals surface area contributed by atoms with E-state index in [-0.39, 0.29) is 0 Å². The zero-order valence-electron chi connectivity index (χ0n) is 7.67. The Morgan fingerprint density at radius 1 is 1.42 bits per heavy atom. The molecule has 12 heavy (non-hydrogen) atoms. The molecular formula is C10H15NSi. The molecule has 2 heteroatoms. The van der Waals surface area contributed by atoms with Gasteiger partial charge in [0.05, 0.1) is 0 Å². The van der Waals surface area contributed by atoms with E-state index in [1.54, 1.807) is 0 Å². The second-order valence-corrected chi connectivity index (χ2v) is 3.83. The molecule has 0 aromatic heterocycles. The number of hydrogen-bond donors (Lipinski definition) is 1. The number of hydrogen-bond acceptors (Lipinski definition) is 1. The number of benzene rings is 1. The number of nitrogens with one attached hydrogen (secondary N) is 1. The van der Waals surface area contributed by atoms with Crippen LogP contribution in [0.15, 0.2) is 36.5 Å². The van der Waals surface area contributed by atoms with E-state index in [1.807, 2.05) is 6.07 Å². The van der Waals surface area contributed by atoms with E-state index < -0.39 is 0 Å². The molecule has 0 spiro atoms. The summed E-state index contributed by atoms with van der Waals surface area (Å²) >= 11 is 0. The topological polar surface area (TPSA) is 12.0 Å². The van der Waals surface area contributed by atoms with Gasteiger partial charge in [-0.25, -0.2) is 0 Å². The van der Waals surface area contributed by atoms with Crippen molar-refractivity contribution >= 4 is 15.4 Å². The SMILES string of the molecule is CCNC=C([SiH3])c1ccccc1. The maximum absolute atomic E-state index is 3.22. The maximum atomic E-state index is 3.22. The minimum Gasteiger partial charge on any atom is -0.391 e. The standard InChI is InChI=1S/C10H15NSi/c1-2-11-8-10(12)9-6-4-3-5-7-9/h3-8,11H,2H2,1,12H3. The molecule has 0 fully saturated rings.